The smallest absolute Gasteiger partial charge is 0.347 e. The molecule has 0 aliphatic rings. The van der Waals surface area contributed by atoms with Crippen molar-refractivity contribution in [2.75, 3.05) is 0 Å². The predicted molar refractivity (Wildman–Crippen MR) is 92.9 cm³/mol. The van der Waals surface area contributed by atoms with Crippen LogP contribution < -0.4 is 9.47 Å². The highest BCUT2D eigenvalue weighted by molar-refractivity contribution is 5.96. The Balaban J connectivity index is 2.41. The summed E-state index contributed by atoms with van der Waals surface area (Å²) in [6, 6.07) is 16.1. The maximum Gasteiger partial charge on any atom is 0.347 e. The first-order valence-corrected chi connectivity index (χ1v) is 7.34. The monoisotopic (exact) mass is 344 g/mol. The summed E-state index contributed by atoms with van der Waals surface area (Å²) in [5.41, 5.74) is 0.286. The summed E-state index contributed by atoms with van der Waals surface area (Å²) in [6.07, 6.45) is 2.25. The van der Waals surface area contributed by atoms with E-state index in [0.29, 0.717) is 11.3 Å². The highest BCUT2D eigenvalue weighted by atomic mass is 16.5. The number of nitrogens with zero attached hydrogens (tertiary/aromatic N) is 2. The number of allylic oxidation sites excluding steroid dienone is 1. The lowest BCUT2D eigenvalue weighted by molar-refractivity contribution is -0.128. The van der Waals surface area contributed by atoms with Gasteiger partial charge in [0.1, 0.15) is 34.8 Å². The molecule has 2 aromatic carbocycles. The molecule has 0 saturated heterocycles. The van der Waals surface area contributed by atoms with Crippen LogP contribution in [0.2, 0.25) is 0 Å². The fourth-order valence-corrected chi connectivity index (χ4v) is 1.94. The number of nitriles is 2. The molecule has 0 aromatic heterocycles. The van der Waals surface area contributed by atoms with Gasteiger partial charge in [0.05, 0.1) is 0 Å². The number of rotatable bonds is 5. The Bertz CT molecular complexity index is 948. The molecule has 0 heterocycles. The van der Waals surface area contributed by atoms with E-state index in [0.717, 1.165) is 6.08 Å². The Morgan fingerprint density at radius 2 is 1.69 bits per heavy atom. The molecular formula is C20H12N2O4. The molecule has 0 aliphatic carbocycles. The normalized spacial score (nSPS) is 9.15. The highest BCUT2D eigenvalue weighted by Gasteiger charge is 2.17. The molecule has 0 saturated carbocycles. The van der Waals surface area contributed by atoms with Gasteiger partial charge in [-0.1, -0.05) is 30.8 Å². The lowest BCUT2D eigenvalue weighted by Gasteiger charge is -2.10. The first-order chi connectivity index (χ1) is 12.6. The molecule has 126 valence electrons. The molecule has 2 aromatic rings. The summed E-state index contributed by atoms with van der Waals surface area (Å²) in [5, 5.41) is 17.7. The van der Waals surface area contributed by atoms with E-state index in [1.54, 1.807) is 42.5 Å². The van der Waals surface area contributed by atoms with Crippen molar-refractivity contribution >= 4 is 18.0 Å². The van der Waals surface area contributed by atoms with E-state index in [-0.39, 0.29) is 16.9 Å². The van der Waals surface area contributed by atoms with Crippen LogP contribution in [0.4, 0.5) is 0 Å². The van der Waals surface area contributed by atoms with Crippen LogP contribution in [0.1, 0.15) is 15.9 Å². The molecule has 6 heteroatoms. The largest absolute Gasteiger partial charge is 0.423 e. The van der Waals surface area contributed by atoms with E-state index >= 15 is 0 Å². The molecule has 0 bridgehead atoms. The van der Waals surface area contributed by atoms with Crippen molar-refractivity contribution in [3.63, 3.8) is 0 Å². The fourth-order valence-electron chi connectivity index (χ4n) is 1.94. The van der Waals surface area contributed by atoms with E-state index in [4.69, 9.17) is 20.0 Å². The molecule has 26 heavy (non-hydrogen) atoms. The third kappa shape index (κ3) is 4.67. The van der Waals surface area contributed by atoms with E-state index < -0.39 is 11.9 Å². The number of benzene rings is 2. The average Bonchev–Trinajstić information content (AvgIpc) is 2.66. The van der Waals surface area contributed by atoms with Crippen LogP contribution in [0.15, 0.2) is 66.8 Å². The molecule has 0 unspecified atom stereocenters. The summed E-state index contributed by atoms with van der Waals surface area (Å²) in [5.74, 6) is -1.22. The molecule has 0 spiro atoms. The van der Waals surface area contributed by atoms with Crippen molar-refractivity contribution in [1.82, 2.24) is 0 Å². The van der Waals surface area contributed by atoms with Crippen molar-refractivity contribution in [2.24, 2.45) is 0 Å². The summed E-state index contributed by atoms with van der Waals surface area (Å²) < 4.78 is 10.3. The van der Waals surface area contributed by atoms with Gasteiger partial charge < -0.3 is 9.47 Å². The molecule has 0 aliphatic heterocycles. The van der Waals surface area contributed by atoms with Gasteiger partial charge >= 0.3 is 11.9 Å². The van der Waals surface area contributed by atoms with Gasteiger partial charge in [-0.05, 0) is 35.9 Å². The highest BCUT2D eigenvalue weighted by Crippen LogP contribution is 2.24. The van der Waals surface area contributed by atoms with Gasteiger partial charge in [0.15, 0.2) is 0 Å². The Hall–Kier alpha value is -4.16. The van der Waals surface area contributed by atoms with Crippen LogP contribution in [-0.2, 0) is 4.79 Å². The molecule has 0 amide bonds. The number of carbonyl (C=O) groups is 2. The molecule has 0 atom stereocenters. The van der Waals surface area contributed by atoms with E-state index in [1.807, 2.05) is 0 Å². The maximum atomic E-state index is 12.4. The lowest BCUT2D eigenvalue weighted by Crippen LogP contribution is -2.13. The molecule has 0 fully saturated rings. The first-order valence-electron chi connectivity index (χ1n) is 7.34. The van der Waals surface area contributed by atoms with Crippen molar-refractivity contribution in [3.8, 4) is 23.6 Å². The first kappa shape index (κ1) is 18.2. The standard InChI is InChI=1S/C20H12N2O4/c1-2-19(23)26-18-11-14(10-15(12-21)13-22)8-9-17(18)20(24)25-16-6-4-3-5-7-16/h2-11H,1H2. The van der Waals surface area contributed by atoms with Gasteiger partial charge in [-0.25, -0.2) is 9.59 Å². The molecule has 0 radical (unpaired) electrons. The zero-order chi connectivity index (χ0) is 18.9. The second-order valence-corrected chi connectivity index (χ2v) is 4.87. The van der Waals surface area contributed by atoms with Crippen LogP contribution in [0, 0.1) is 22.7 Å². The number of carbonyl (C=O) groups excluding carboxylic acids is 2. The second kappa shape index (κ2) is 8.62. The summed E-state index contributed by atoms with van der Waals surface area (Å²) >= 11 is 0. The lowest BCUT2D eigenvalue weighted by atomic mass is 10.1. The van der Waals surface area contributed by atoms with Gasteiger partial charge in [0, 0.05) is 6.08 Å². The zero-order valence-electron chi connectivity index (χ0n) is 13.5. The van der Waals surface area contributed by atoms with Crippen molar-refractivity contribution in [3.05, 3.63) is 77.9 Å². The fraction of sp³-hybridized carbons (Fsp3) is 0. The number of esters is 2. The van der Waals surface area contributed by atoms with Crippen LogP contribution in [0.5, 0.6) is 11.5 Å². The molecule has 2 rings (SSSR count). The quantitative estimate of drug-likeness (QED) is 0.356. The van der Waals surface area contributed by atoms with Crippen LogP contribution in [-0.4, -0.2) is 11.9 Å². The van der Waals surface area contributed by atoms with Crippen LogP contribution in [0.25, 0.3) is 6.08 Å². The third-order valence-corrected chi connectivity index (χ3v) is 3.11. The Morgan fingerprint density at radius 3 is 2.31 bits per heavy atom. The van der Waals surface area contributed by atoms with E-state index in [9.17, 15) is 9.59 Å². The molecular weight excluding hydrogens is 332 g/mol. The van der Waals surface area contributed by atoms with Gasteiger partial charge in [0.25, 0.3) is 0 Å². The van der Waals surface area contributed by atoms with Gasteiger partial charge in [0.2, 0.25) is 0 Å². The summed E-state index contributed by atoms with van der Waals surface area (Å²) in [6.45, 7) is 3.31. The predicted octanol–water partition coefficient (Wildman–Crippen LogP) is 3.43. The Labute approximate surface area is 149 Å². The topological polar surface area (TPSA) is 100 Å². The minimum atomic E-state index is -0.763. The number of ether oxygens (including phenoxy) is 2. The maximum absolute atomic E-state index is 12.4. The Morgan fingerprint density at radius 1 is 1.00 bits per heavy atom. The summed E-state index contributed by atoms with van der Waals surface area (Å²) in [7, 11) is 0. The second-order valence-electron chi connectivity index (χ2n) is 4.87. The number of hydrogen-bond donors (Lipinski definition) is 0. The molecule has 6 nitrogen and oxygen atoms in total. The Kier molecular flexibility index (Phi) is 6.03. The van der Waals surface area contributed by atoms with Crippen molar-refractivity contribution < 1.29 is 19.1 Å². The minimum Gasteiger partial charge on any atom is -0.423 e. The average molecular weight is 344 g/mol. The molecule has 0 N–H and O–H groups in total. The van der Waals surface area contributed by atoms with Crippen molar-refractivity contribution in [1.29, 1.82) is 10.5 Å². The van der Waals surface area contributed by atoms with Crippen LogP contribution in [0.3, 0.4) is 0 Å². The number of para-hydroxylation sites is 1. The summed E-state index contributed by atoms with van der Waals surface area (Å²) in [4.78, 5) is 23.9. The minimum absolute atomic E-state index is 0.0108. The third-order valence-electron chi connectivity index (χ3n) is 3.11. The van der Waals surface area contributed by atoms with Gasteiger partial charge in [-0.3, -0.25) is 0 Å². The SMILES string of the molecule is C=CC(=O)Oc1cc(C=C(C#N)C#N)ccc1C(=O)Oc1ccccc1. The van der Waals surface area contributed by atoms with Crippen LogP contribution >= 0.6 is 0 Å². The van der Waals surface area contributed by atoms with E-state index in [1.165, 1.54) is 24.3 Å². The van der Waals surface area contributed by atoms with Gasteiger partial charge in [-0.2, -0.15) is 10.5 Å². The number of hydrogen-bond acceptors (Lipinski definition) is 6. The van der Waals surface area contributed by atoms with Gasteiger partial charge in [-0.15, -0.1) is 0 Å². The van der Waals surface area contributed by atoms with E-state index in [2.05, 4.69) is 6.58 Å². The zero-order valence-corrected chi connectivity index (χ0v) is 13.5. The van der Waals surface area contributed by atoms with Crippen molar-refractivity contribution in [2.45, 2.75) is 0 Å².